The molecule has 15 heteroatoms. The van der Waals surface area contributed by atoms with Gasteiger partial charge in [0.15, 0.2) is 52.4 Å². The van der Waals surface area contributed by atoms with E-state index >= 15 is 0 Å². The van der Waals surface area contributed by atoms with Gasteiger partial charge in [-0.15, -0.1) is 0 Å². The van der Waals surface area contributed by atoms with Gasteiger partial charge in [0.25, 0.3) is 0 Å². The molecule has 0 N–H and O–H groups in total. The zero-order chi connectivity index (χ0) is 94.7. The summed E-state index contributed by atoms with van der Waals surface area (Å²) in [5, 5.41) is 6.97. The fraction of sp³-hybridized carbons (Fsp3) is 0.0551. The van der Waals surface area contributed by atoms with Crippen molar-refractivity contribution in [1.29, 1.82) is 0 Å². The van der Waals surface area contributed by atoms with Gasteiger partial charge in [0.05, 0.1) is 5.41 Å². The minimum atomic E-state index is -0.559. The Labute approximate surface area is 817 Å². The second kappa shape index (κ2) is 34.0. The monoisotopic (exact) mass is 1820 g/mol. The van der Waals surface area contributed by atoms with E-state index in [0.29, 0.717) is 69.5 Å². The van der Waals surface area contributed by atoms with Gasteiger partial charge in [-0.2, -0.15) is 0 Å². The van der Waals surface area contributed by atoms with Crippen molar-refractivity contribution in [2.45, 2.75) is 43.9 Å². The van der Waals surface area contributed by atoms with Crippen LogP contribution in [-0.2, 0) is 16.2 Å². The Balaban J connectivity index is 0.000000111. The van der Waals surface area contributed by atoms with E-state index < -0.39 is 5.41 Å². The van der Waals surface area contributed by atoms with Crippen LogP contribution in [0, 0.1) is 0 Å². The first-order chi connectivity index (χ1) is 69.9. The molecule has 0 bridgehead atoms. The van der Waals surface area contributed by atoms with Crippen LogP contribution in [0.4, 0.5) is 0 Å². The fourth-order valence-corrected chi connectivity index (χ4v) is 21.5. The molecule has 0 spiro atoms. The lowest BCUT2D eigenvalue weighted by atomic mass is 9.67. The van der Waals surface area contributed by atoms with E-state index in [1.165, 1.54) is 99.6 Å². The first-order valence-electron chi connectivity index (χ1n) is 47.7. The Kier molecular flexibility index (Phi) is 20.1. The van der Waals surface area contributed by atoms with Crippen molar-refractivity contribution in [2.24, 2.45) is 0 Å². The molecule has 0 unspecified atom stereocenters. The molecule has 3 aliphatic rings. The SMILES string of the molecule is CC1(C)c2cc(-c3ccc(-c4nc(-c5ccccc5)nc(-c5ccccc5)n4)cc3)ccc2-c2c1ccc1oc3ccccc3c21.CC1(C)c2cc(-c3nc(-c4ccccn4)nc(-c4ccccn4)n3)ccc2-c2c1ccc1oc3ccccc3c21.c1ccc(-c2nc(-c3ccc(-c4ccc5c(c4)C(c4ccccc4)(c4ccccc4)c4ccc6oc7ccccc7c6c4-5)cc3)nc(-c3ccccn3)n2)cc1. The average Bonchev–Trinajstić information content (AvgIpc) is 1.52. The van der Waals surface area contributed by atoms with Crippen molar-refractivity contribution in [3.8, 4) is 159 Å². The molecule has 0 radical (unpaired) electrons. The number of pyridine rings is 3. The third-order valence-electron chi connectivity index (χ3n) is 28.3. The van der Waals surface area contributed by atoms with Gasteiger partial charge in [0.2, 0.25) is 0 Å². The Morgan fingerprint density at radius 3 is 0.803 bits per heavy atom. The van der Waals surface area contributed by atoms with Crippen molar-refractivity contribution in [1.82, 2.24) is 59.8 Å². The summed E-state index contributed by atoms with van der Waals surface area (Å²) in [5.74, 6) is 5.33. The standard InChI is InChI=1S/C51H32N4O.C42H29N3O.C34H23N5O/c1-4-14-34(15-5-1)48-53-49(55-50(54-48)43-21-12-13-31-52-43)35-25-23-33(24-26-35)36-27-28-39-42(32-36)51(37-16-6-2-7-17-37,38-18-8-3-9-19-38)41-29-30-45-47(46(39)41)40-20-10-11-22-44(40)56-45;1-42(2)33-23-24-36-38(32-15-9-10-16-35(32)46-36)37(33)31-22-21-30(25-34(31)42)26-17-19-29(20-18-26)41-44-39(27-11-5-3-6-12-27)43-40(45-41)28-13-7-4-8-14-28;1-34(2)23-15-16-28-30(22-9-3-4-12-27(22)40-28)29(23)21-14-13-20(19-24(21)34)31-37-32(25-10-5-7-17-35-25)39-33(38-31)26-11-6-8-18-36-26/h1-32H;3-25H,1-2H3;3-19H,1-2H3. The zero-order valence-electron chi connectivity index (χ0n) is 77.7. The van der Waals surface area contributed by atoms with Gasteiger partial charge in [-0.3, -0.25) is 15.0 Å². The topological polar surface area (TPSA) is 194 Å². The quantitative estimate of drug-likeness (QED) is 0.106. The largest absolute Gasteiger partial charge is 0.456 e. The average molecular weight is 1830 g/mol. The summed E-state index contributed by atoms with van der Waals surface area (Å²) in [6, 6.07) is 145. The second-order valence-corrected chi connectivity index (χ2v) is 37.2. The predicted octanol–water partition coefficient (Wildman–Crippen LogP) is 30.8. The van der Waals surface area contributed by atoms with Gasteiger partial charge in [-0.05, 0) is 191 Å². The summed E-state index contributed by atoms with van der Waals surface area (Å²) in [7, 11) is 0. The maximum atomic E-state index is 6.46. The van der Waals surface area contributed by atoms with E-state index in [9.17, 15) is 0 Å². The minimum Gasteiger partial charge on any atom is -0.456 e. The second-order valence-electron chi connectivity index (χ2n) is 37.2. The maximum absolute atomic E-state index is 6.46. The van der Waals surface area contributed by atoms with Crippen molar-refractivity contribution in [3.05, 3.63) is 482 Å². The molecule has 3 aliphatic carbocycles. The van der Waals surface area contributed by atoms with Crippen LogP contribution in [0.15, 0.2) is 450 Å². The number of hydrogen-bond donors (Lipinski definition) is 0. The molecular formula is C127H84N12O3. The van der Waals surface area contributed by atoms with Crippen molar-refractivity contribution in [2.75, 3.05) is 0 Å². The van der Waals surface area contributed by atoms with E-state index in [-0.39, 0.29) is 10.8 Å². The van der Waals surface area contributed by atoms with Gasteiger partial charge >= 0.3 is 0 Å². The van der Waals surface area contributed by atoms with E-state index in [2.05, 4.69) is 291 Å². The van der Waals surface area contributed by atoms with Gasteiger partial charge in [-0.1, -0.05) is 355 Å². The number of para-hydroxylation sites is 3. The molecule has 670 valence electrons. The third-order valence-corrected chi connectivity index (χ3v) is 28.3. The van der Waals surface area contributed by atoms with Crippen LogP contribution in [0.25, 0.3) is 224 Å². The summed E-state index contributed by atoms with van der Waals surface area (Å²) in [5.41, 5.74) is 34.4. The van der Waals surface area contributed by atoms with Crippen molar-refractivity contribution < 1.29 is 13.3 Å². The molecule has 0 aliphatic heterocycles. The van der Waals surface area contributed by atoms with Gasteiger partial charge in [0.1, 0.15) is 50.6 Å². The fourth-order valence-electron chi connectivity index (χ4n) is 21.5. The number of benzene rings is 16. The van der Waals surface area contributed by atoms with E-state index in [4.69, 9.17) is 58.1 Å². The smallest absolute Gasteiger partial charge is 0.182 e. The highest BCUT2D eigenvalue weighted by molar-refractivity contribution is 6.18. The van der Waals surface area contributed by atoms with Crippen LogP contribution in [-0.4, -0.2) is 59.8 Å². The van der Waals surface area contributed by atoms with Crippen molar-refractivity contribution in [3.63, 3.8) is 0 Å². The maximum Gasteiger partial charge on any atom is 0.182 e. The van der Waals surface area contributed by atoms with Crippen LogP contribution < -0.4 is 0 Å². The Bertz CT molecular complexity index is 9030. The number of fused-ring (bicyclic) bond motifs is 21. The number of nitrogens with zero attached hydrogens (tertiary/aromatic N) is 12. The van der Waals surface area contributed by atoms with Crippen LogP contribution in [0.1, 0.15) is 72.2 Å². The molecule has 0 saturated heterocycles. The van der Waals surface area contributed by atoms with E-state index in [1.807, 2.05) is 170 Å². The van der Waals surface area contributed by atoms with Crippen molar-refractivity contribution >= 4 is 65.8 Å². The molecule has 0 amide bonds. The molecule has 0 saturated carbocycles. The van der Waals surface area contributed by atoms with Crippen LogP contribution in [0.2, 0.25) is 0 Å². The summed E-state index contributed by atoms with van der Waals surface area (Å²) >= 11 is 0. The highest BCUT2D eigenvalue weighted by Crippen LogP contribution is 2.61. The molecule has 0 fully saturated rings. The first-order valence-corrected chi connectivity index (χ1v) is 47.7. The minimum absolute atomic E-state index is 0.139. The van der Waals surface area contributed by atoms with Gasteiger partial charge < -0.3 is 13.3 Å². The summed E-state index contributed by atoms with van der Waals surface area (Å²) in [4.78, 5) is 57.3. The number of furan rings is 3. The van der Waals surface area contributed by atoms with Crippen LogP contribution in [0.3, 0.4) is 0 Å². The molecule has 0 atom stereocenters. The lowest BCUT2D eigenvalue weighted by Gasteiger charge is -2.34. The molecule has 15 nitrogen and oxygen atoms in total. The molecular weight excluding hydrogens is 1740 g/mol. The lowest BCUT2D eigenvalue weighted by molar-refractivity contribution is 0.656. The van der Waals surface area contributed by atoms with Crippen LogP contribution in [0.5, 0.6) is 0 Å². The van der Waals surface area contributed by atoms with E-state index in [1.54, 1.807) is 18.6 Å². The number of hydrogen-bond acceptors (Lipinski definition) is 15. The highest BCUT2D eigenvalue weighted by atomic mass is 16.3. The predicted molar refractivity (Wildman–Crippen MR) is 567 cm³/mol. The Hall–Kier alpha value is -18.6. The first kappa shape index (κ1) is 83.9. The Morgan fingerprint density at radius 2 is 0.444 bits per heavy atom. The van der Waals surface area contributed by atoms with Gasteiger partial charge in [0, 0.05) is 95.1 Å². The zero-order valence-corrected chi connectivity index (χ0v) is 77.7. The van der Waals surface area contributed by atoms with Crippen LogP contribution >= 0.6 is 0 Å². The molecule has 9 heterocycles. The summed E-state index contributed by atoms with van der Waals surface area (Å²) in [6.07, 6.45) is 5.25. The molecule has 16 aromatic carbocycles. The normalized spacial score (nSPS) is 13.1. The summed E-state index contributed by atoms with van der Waals surface area (Å²) < 4.78 is 18.9. The molecule has 9 aromatic heterocycles. The highest BCUT2D eigenvalue weighted by Gasteiger charge is 2.48. The van der Waals surface area contributed by atoms with E-state index in [0.717, 1.165) is 99.7 Å². The molecule has 28 rings (SSSR count). The lowest BCUT2D eigenvalue weighted by Crippen LogP contribution is -2.28. The molecule has 142 heavy (non-hydrogen) atoms. The third kappa shape index (κ3) is 14.2. The summed E-state index contributed by atoms with van der Waals surface area (Å²) in [6.45, 7) is 9.21. The molecule has 25 aromatic rings. The number of rotatable bonds is 13. The Morgan fingerprint density at radius 1 is 0.183 bits per heavy atom. The van der Waals surface area contributed by atoms with Gasteiger partial charge in [-0.25, -0.2) is 44.9 Å². The number of aromatic nitrogens is 12.